The lowest BCUT2D eigenvalue weighted by molar-refractivity contribution is -0.152. The van der Waals surface area contributed by atoms with E-state index in [1.165, 1.54) is 12.7 Å². The molecular weight excluding hydrogens is 260 g/mol. The molecule has 1 fully saturated rings. The third-order valence-electron chi connectivity index (χ3n) is 4.08. The Morgan fingerprint density at radius 3 is 2.90 bits per heavy atom. The lowest BCUT2D eigenvalue weighted by atomic mass is 9.73. The van der Waals surface area contributed by atoms with Gasteiger partial charge in [-0.25, -0.2) is 9.78 Å². The molecule has 0 spiro atoms. The zero-order valence-corrected chi connectivity index (χ0v) is 11.6. The van der Waals surface area contributed by atoms with Crippen molar-refractivity contribution in [3.8, 4) is 0 Å². The quantitative estimate of drug-likeness (QED) is 0.832. The van der Waals surface area contributed by atoms with Gasteiger partial charge in [-0.05, 0) is 18.8 Å². The summed E-state index contributed by atoms with van der Waals surface area (Å²) in [5.41, 5.74) is -1.11. The van der Waals surface area contributed by atoms with Crippen molar-refractivity contribution in [3.63, 3.8) is 0 Å². The van der Waals surface area contributed by atoms with E-state index in [9.17, 15) is 14.7 Å². The number of nitrogens with one attached hydrogen (secondary N) is 1. The normalized spacial score (nSPS) is 26.1. The first-order valence-corrected chi connectivity index (χ1v) is 6.91. The molecule has 2 unspecified atom stereocenters. The fraction of sp³-hybridized carbons (Fsp3) is 0.692. The number of carbonyl (C=O) groups is 2. The van der Waals surface area contributed by atoms with E-state index in [4.69, 9.17) is 0 Å². The first-order valence-electron chi connectivity index (χ1n) is 6.91. The summed E-state index contributed by atoms with van der Waals surface area (Å²) in [5.74, 6) is -1.24. The molecule has 1 aromatic rings. The van der Waals surface area contributed by atoms with Crippen LogP contribution in [0.4, 0.5) is 0 Å². The smallest absolute Gasteiger partial charge is 0.329 e. The Kier molecular flexibility index (Phi) is 4.36. The molecule has 7 nitrogen and oxygen atoms in total. The first kappa shape index (κ1) is 14.5. The van der Waals surface area contributed by atoms with Crippen LogP contribution in [0.3, 0.4) is 0 Å². The van der Waals surface area contributed by atoms with Crippen molar-refractivity contribution in [2.24, 2.45) is 5.92 Å². The van der Waals surface area contributed by atoms with E-state index in [2.05, 4.69) is 15.4 Å². The van der Waals surface area contributed by atoms with Gasteiger partial charge in [0.1, 0.15) is 18.2 Å². The molecule has 2 rings (SSSR count). The molecule has 0 bridgehead atoms. The van der Waals surface area contributed by atoms with Crippen LogP contribution in [-0.4, -0.2) is 37.3 Å². The Balaban J connectivity index is 1.97. The number of carboxylic acids is 1. The van der Waals surface area contributed by atoms with E-state index in [1.807, 2.05) is 6.92 Å². The molecule has 1 heterocycles. The van der Waals surface area contributed by atoms with Crippen LogP contribution in [-0.2, 0) is 16.1 Å². The summed E-state index contributed by atoms with van der Waals surface area (Å²) in [6.45, 7) is 2.29. The monoisotopic (exact) mass is 280 g/mol. The van der Waals surface area contributed by atoms with Gasteiger partial charge in [0.25, 0.3) is 0 Å². The van der Waals surface area contributed by atoms with Crippen LogP contribution >= 0.6 is 0 Å². The minimum Gasteiger partial charge on any atom is -0.479 e. The third kappa shape index (κ3) is 2.97. The van der Waals surface area contributed by atoms with Crippen LogP contribution in [0.15, 0.2) is 12.7 Å². The standard InChI is InChI=1S/C13H20N4O3/c1-10-4-2-3-6-13(10,12(19)20)16-11(18)5-7-17-9-14-8-15-17/h8-10H,2-7H2,1H3,(H,16,18)(H,19,20). The molecule has 0 radical (unpaired) electrons. The lowest BCUT2D eigenvalue weighted by Gasteiger charge is -2.39. The largest absolute Gasteiger partial charge is 0.479 e. The number of hydrogen-bond acceptors (Lipinski definition) is 4. The molecule has 0 saturated heterocycles. The number of carboxylic acid groups (broad SMARTS) is 1. The summed E-state index contributed by atoms with van der Waals surface area (Å²) in [5, 5.41) is 16.2. The van der Waals surface area contributed by atoms with Gasteiger partial charge >= 0.3 is 5.97 Å². The molecule has 1 aromatic heterocycles. The number of rotatable bonds is 5. The highest BCUT2D eigenvalue weighted by atomic mass is 16.4. The van der Waals surface area contributed by atoms with Gasteiger partial charge in [0.15, 0.2) is 0 Å². The van der Waals surface area contributed by atoms with Gasteiger partial charge < -0.3 is 10.4 Å². The van der Waals surface area contributed by atoms with Crippen molar-refractivity contribution in [2.45, 2.75) is 51.1 Å². The van der Waals surface area contributed by atoms with E-state index < -0.39 is 11.5 Å². The highest BCUT2D eigenvalue weighted by Crippen LogP contribution is 2.34. The van der Waals surface area contributed by atoms with E-state index in [1.54, 1.807) is 4.68 Å². The van der Waals surface area contributed by atoms with Gasteiger partial charge in [-0.15, -0.1) is 0 Å². The van der Waals surface area contributed by atoms with Gasteiger partial charge in [0, 0.05) is 6.42 Å². The van der Waals surface area contributed by atoms with Gasteiger partial charge in [-0.2, -0.15) is 5.10 Å². The van der Waals surface area contributed by atoms with Crippen LogP contribution in [0.25, 0.3) is 0 Å². The molecule has 1 amide bonds. The predicted molar refractivity (Wildman–Crippen MR) is 70.8 cm³/mol. The number of aliphatic carboxylic acids is 1. The Labute approximate surface area is 117 Å². The number of nitrogens with zero attached hydrogens (tertiary/aromatic N) is 3. The second-order valence-corrected chi connectivity index (χ2v) is 5.38. The molecule has 7 heteroatoms. The molecule has 2 N–H and O–H groups in total. The summed E-state index contributed by atoms with van der Waals surface area (Å²) in [6, 6.07) is 0. The average Bonchev–Trinajstić information content (AvgIpc) is 2.92. The lowest BCUT2D eigenvalue weighted by Crippen LogP contribution is -2.60. The number of hydrogen-bond donors (Lipinski definition) is 2. The van der Waals surface area contributed by atoms with E-state index in [0.29, 0.717) is 13.0 Å². The molecule has 1 aliphatic carbocycles. The zero-order chi connectivity index (χ0) is 14.6. The third-order valence-corrected chi connectivity index (χ3v) is 4.08. The average molecular weight is 280 g/mol. The fourth-order valence-electron chi connectivity index (χ4n) is 2.78. The van der Waals surface area contributed by atoms with E-state index >= 15 is 0 Å². The van der Waals surface area contributed by atoms with Crippen LogP contribution in [0.2, 0.25) is 0 Å². The maximum Gasteiger partial charge on any atom is 0.329 e. The van der Waals surface area contributed by atoms with E-state index in [-0.39, 0.29) is 18.2 Å². The summed E-state index contributed by atoms with van der Waals surface area (Å²) in [4.78, 5) is 27.4. The van der Waals surface area contributed by atoms with Crippen molar-refractivity contribution < 1.29 is 14.7 Å². The molecular formula is C13H20N4O3. The van der Waals surface area contributed by atoms with Gasteiger partial charge in [0.2, 0.25) is 5.91 Å². The van der Waals surface area contributed by atoms with Crippen molar-refractivity contribution >= 4 is 11.9 Å². The minimum atomic E-state index is -1.11. The van der Waals surface area contributed by atoms with Crippen LogP contribution in [0.5, 0.6) is 0 Å². The highest BCUT2D eigenvalue weighted by Gasteiger charge is 2.46. The van der Waals surface area contributed by atoms with Crippen molar-refractivity contribution in [3.05, 3.63) is 12.7 Å². The summed E-state index contributed by atoms with van der Waals surface area (Å²) in [7, 11) is 0. The molecule has 1 saturated carbocycles. The summed E-state index contributed by atoms with van der Waals surface area (Å²) in [6.07, 6.45) is 6.31. The van der Waals surface area contributed by atoms with Crippen molar-refractivity contribution in [2.75, 3.05) is 0 Å². The molecule has 110 valence electrons. The predicted octanol–water partition coefficient (Wildman–Crippen LogP) is 0.818. The van der Waals surface area contributed by atoms with Gasteiger partial charge in [-0.1, -0.05) is 19.8 Å². The van der Waals surface area contributed by atoms with E-state index in [0.717, 1.165) is 19.3 Å². The number of aryl methyl sites for hydroxylation is 1. The minimum absolute atomic E-state index is 0.0518. The van der Waals surface area contributed by atoms with Crippen LogP contribution in [0.1, 0.15) is 39.0 Å². The van der Waals surface area contributed by atoms with Gasteiger partial charge in [0.05, 0.1) is 6.54 Å². The Bertz CT molecular complexity index is 474. The maximum absolute atomic E-state index is 12.0. The SMILES string of the molecule is CC1CCCCC1(NC(=O)CCn1cncn1)C(=O)O. The summed E-state index contributed by atoms with van der Waals surface area (Å²) < 4.78 is 1.55. The second kappa shape index (κ2) is 6.02. The number of amides is 1. The number of carbonyl (C=O) groups excluding carboxylic acids is 1. The maximum atomic E-state index is 12.0. The first-order chi connectivity index (χ1) is 9.54. The van der Waals surface area contributed by atoms with Crippen molar-refractivity contribution in [1.82, 2.24) is 20.1 Å². The Morgan fingerprint density at radius 1 is 1.50 bits per heavy atom. The van der Waals surface area contributed by atoms with Crippen LogP contribution in [0, 0.1) is 5.92 Å². The number of aromatic nitrogens is 3. The molecule has 0 aromatic carbocycles. The summed E-state index contributed by atoms with van der Waals surface area (Å²) >= 11 is 0. The Morgan fingerprint density at radius 2 is 2.30 bits per heavy atom. The van der Waals surface area contributed by atoms with Crippen molar-refractivity contribution in [1.29, 1.82) is 0 Å². The second-order valence-electron chi connectivity index (χ2n) is 5.38. The molecule has 1 aliphatic rings. The molecule has 2 atom stereocenters. The molecule has 20 heavy (non-hydrogen) atoms. The fourth-order valence-corrected chi connectivity index (χ4v) is 2.78. The van der Waals surface area contributed by atoms with Crippen LogP contribution < -0.4 is 5.32 Å². The molecule has 0 aliphatic heterocycles. The topological polar surface area (TPSA) is 97.1 Å². The highest BCUT2D eigenvalue weighted by molar-refractivity contribution is 5.87. The Hall–Kier alpha value is -1.92. The van der Waals surface area contributed by atoms with Gasteiger partial charge in [-0.3, -0.25) is 9.48 Å². The zero-order valence-electron chi connectivity index (χ0n) is 11.6.